The van der Waals surface area contributed by atoms with Crippen LogP contribution in [0.1, 0.15) is 11.1 Å². The summed E-state index contributed by atoms with van der Waals surface area (Å²) in [6.07, 6.45) is 0. The van der Waals surface area contributed by atoms with E-state index in [4.69, 9.17) is 10.00 Å². The van der Waals surface area contributed by atoms with Crippen LogP contribution in [0.15, 0.2) is 53.4 Å². The molecule has 114 valence electrons. The predicted octanol–water partition coefficient (Wildman–Crippen LogP) is 2.39. The topological polar surface area (TPSA) is 70.4 Å². The second-order valence-corrected chi connectivity index (χ2v) is 6.75. The molecule has 0 heterocycles. The molecule has 0 spiro atoms. The van der Waals surface area contributed by atoms with Gasteiger partial charge in [-0.2, -0.15) is 9.57 Å². The number of benzene rings is 2. The van der Waals surface area contributed by atoms with Gasteiger partial charge < -0.3 is 4.74 Å². The van der Waals surface area contributed by atoms with Gasteiger partial charge in [0.1, 0.15) is 5.75 Å². The maximum absolute atomic E-state index is 12.5. The van der Waals surface area contributed by atoms with E-state index in [1.165, 1.54) is 30.6 Å². The second kappa shape index (κ2) is 6.60. The predicted molar refractivity (Wildman–Crippen MR) is 82.8 cm³/mol. The molecule has 0 atom stereocenters. The highest BCUT2D eigenvalue weighted by Gasteiger charge is 2.21. The van der Waals surface area contributed by atoms with Crippen LogP contribution in [0, 0.1) is 11.3 Å². The molecule has 0 saturated heterocycles. The quantitative estimate of drug-likeness (QED) is 0.849. The molecule has 0 aliphatic rings. The molecule has 0 bridgehead atoms. The Bertz CT molecular complexity index is 793. The van der Waals surface area contributed by atoms with E-state index in [9.17, 15) is 8.42 Å². The highest BCUT2D eigenvalue weighted by molar-refractivity contribution is 7.89. The maximum Gasteiger partial charge on any atom is 0.243 e. The average molecular weight is 316 g/mol. The summed E-state index contributed by atoms with van der Waals surface area (Å²) < 4.78 is 31.3. The molecule has 5 nitrogen and oxygen atoms in total. The van der Waals surface area contributed by atoms with Gasteiger partial charge in [0, 0.05) is 13.6 Å². The van der Waals surface area contributed by atoms with Gasteiger partial charge >= 0.3 is 0 Å². The van der Waals surface area contributed by atoms with Crippen molar-refractivity contribution in [2.24, 2.45) is 0 Å². The largest absolute Gasteiger partial charge is 0.497 e. The van der Waals surface area contributed by atoms with Crippen molar-refractivity contribution in [2.45, 2.75) is 11.4 Å². The molecule has 0 aliphatic carbocycles. The van der Waals surface area contributed by atoms with Crippen LogP contribution in [0.3, 0.4) is 0 Å². The Hall–Kier alpha value is -2.36. The van der Waals surface area contributed by atoms with Crippen molar-refractivity contribution in [2.75, 3.05) is 14.2 Å². The highest BCUT2D eigenvalue weighted by atomic mass is 32.2. The molecular weight excluding hydrogens is 300 g/mol. The van der Waals surface area contributed by atoms with Crippen LogP contribution in [0.25, 0.3) is 0 Å². The van der Waals surface area contributed by atoms with E-state index in [1.54, 1.807) is 36.4 Å². The first-order valence-electron chi connectivity index (χ1n) is 6.57. The lowest BCUT2D eigenvalue weighted by molar-refractivity contribution is 0.414. The number of ether oxygens (including phenoxy) is 1. The molecule has 2 aromatic carbocycles. The van der Waals surface area contributed by atoms with Gasteiger partial charge in [-0.3, -0.25) is 0 Å². The van der Waals surface area contributed by atoms with Crippen LogP contribution in [0.4, 0.5) is 0 Å². The Kier molecular flexibility index (Phi) is 4.81. The minimum Gasteiger partial charge on any atom is -0.497 e. The van der Waals surface area contributed by atoms with E-state index in [2.05, 4.69) is 6.07 Å². The summed E-state index contributed by atoms with van der Waals surface area (Å²) in [4.78, 5) is 0.185. The summed E-state index contributed by atoms with van der Waals surface area (Å²) in [5.74, 6) is 0.594. The van der Waals surface area contributed by atoms with Gasteiger partial charge in [-0.05, 0) is 35.9 Å². The molecule has 0 unspecified atom stereocenters. The van der Waals surface area contributed by atoms with Crippen LogP contribution in [-0.2, 0) is 16.6 Å². The van der Waals surface area contributed by atoms with Crippen LogP contribution in [0.5, 0.6) is 5.75 Å². The van der Waals surface area contributed by atoms with E-state index in [1.807, 2.05) is 0 Å². The minimum atomic E-state index is -3.62. The third kappa shape index (κ3) is 3.27. The number of hydrogen-bond donors (Lipinski definition) is 0. The maximum atomic E-state index is 12.5. The molecule has 0 radical (unpaired) electrons. The first-order valence-corrected chi connectivity index (χ1v) is 8.01. The fourth-order valence-electron chi connectivity index (χ4n) is 2.02. The standard InChI is InChI=1S/C16H16N2O3S/c1-18(12-14-6-4-3-5-13(14)11-17)22(19,20)16-9-7-15(21-2)8-10-16/h3-10H,12H2,1-2H3. The smallest absolute Gasteiger partial charge is 0.243 e. The normalized spacial score (nSPS) is 11.2. The first-order chi connectivity index (χ1) is 10.5. The lowest BCUT2D eigenvalue weighted by atomic mass is 10.1. The Morgan fingerprint density at radius 1 is 1.14 bits per heavy atom. The van der Waals surface area contributed by atoms with Gasteiger partial charge in [-0.25, -0.2) is 8.42 Å². The zero-order valence-electron chi connectivity index (χ0n) is 12.4. The summed E-state index contributed by atoms with van der Waals surface area (Å²) in [6.45, 7) is 0.137. The molecule has 0 aliphatic heterocycles. The molecule has 0 fully saturated rings. The monoisotopic (exact) mass is 316 g/mol. The zero-order valence-corrected chi connectivity index (χ0v) is 13.2. The molecular formula is C16H16N2O3S. The van der Waals surface area contributed by atoms with E-state index in [0.29, 0.717) is 16.9 Å². The van der Waals surface area contributed by atoms with Crippen LogP contribution in [-0.4, -0.2) is 26.9 Å². The second-order valence-electron chi connectivity index (χ2n) is 4.71. The fourth-order valence-corrected chi connectivity index (χ4v) is 3.17. The number of hydrogen-bond acceptors (Lipinski definition) is 4. The van der Waals surface area contributed by atoms with Crippen molar-refractivity contribution in [1.82, 2.24) is 4.31 Å². The Labute approximate surface area is 130 Å². The first kappa shape index (κ1) is 16.0. The van der Waals surface area contributed by atoms with E-state index in [-0.39, 0.29) is 11.4 Å². The summed E-state index contributed by atoms with van der Waals surface area (Å²) in [5.41, 5.74) is 1.14. The molecule has 22 heavy (non-hydrogen) atoms. The highest BCUT2D eigenvalue weighted by Crippen LogP contribution is 2.20. The number of rotatable bonds is 5. The molecule has 0 aromatic heterocycles. The van der Waals surface area contributed by atoms with Gasteiger partial charge in [0.2, 0.25) is 10.0 Å². The van der Waals surface area contributed by atoms with Gasteiger partial charge in [0.15, 0.2) is 0 Å². The number of nitrogens with zero attached hydrogens (tertiary/aromatic N) is 2. The van der Waals surface area contributed by atoms with Crippen LogP contribution in [0.2, 0.25) is 0 Å². The van der Waals surface area contributed by atoms with Crippen molar-refractivity contribution in [1.29, 1.82) is 5.26 Å². The Morgan fingerprint density at radius 3 is 2.36 bits per heavy atom. The lowest BCUT2D eigenvalue weighted by Crippen LogP contribution is -2.26. The fraction of sp³-hybridized carbons (Fsp3) is 0.188. The summed E-state index contributed by atoms with van der Waals surface area (Å²) >= 11 is 0. The van der Waals surface area contributed by atoms with Gasteiger partial charge in [0.25, 0.3) is 0 Å². The van der Waals surface area contributed by atoms with Crippen molar-refractivity contribution in [3.8, 4) is 11.8 Å². The van der Waals surface area contributed by atoms with Gasteiger partial charge in [-0.15, -0.1) is 0 Å². The average Bonchev–Trinajstić information content (AvgIpc) is 2.55. The molecule has 0 saturated carbocycles. The van der Waals surface area contributed by atoms with E-state index in [0.717, 1.165) is 0 Å². The van der Waals surface area contributed by atoms with E-state index < -0.39 is 10.0 Å². The summed E-state index contributed by atoms with van der Waals surface area (Å²) in [7, 11) is -0.603. The van der Waals surface area contributed by atoms with Crippen LogP contribution < -0.4 is 4.74 Å². The number of methoxy groups -OCH3 is 1. The molecule has 6 heteroatoms. The Balaban J connectivity index is 2.27. The molecule has 0 amide bonds. The third-order valence-electron chi connectivity index (χ3n) is 3.30. The Morgan fingerprint density at radius 2 is 1.77 bits per heavy atom. The summed E-state index contributed by atoms with van der Waals surface area (Å²) in [5, 5.41) is 9.08. The van der Waals surface area contributed by atoms with Crippen molar-refractivity contribution in [3.05, 3.63) is 59.7 Å². The molecule has 2 rings (SSSR count). The summed E-state index contributed by atoms with van der Waals surface area (Å²) in [6, 6.07) is 15.2. The number of sulfonamides is 1. The van der Waals surface area contributed by atoms with Gasteiger partial charge in [0.05, 0.1) is 23.6 Å². The zero-order chi connectivity index (χ0) is 16.2. The van der Waals surface area contributed by atoms with E-state index >= 15 is 0 Å². The van der Waals surface area contributed by atoms with Crippen LogP contribution >= 0.6 is 0 Å². The minimum absolute atomic E-state index is 0.137. The van der Waals surface area contributed by atoms with Crippen molar-refractivity contribution >= 4 is 10.0 Å². The van der Waals surface area contributed by atoms with Gasteiger partial charge in [-0.1, -0.05) is 18.2 Å². The lowest BCUT2D eigenvalue weighted by Gasteiger charge is -2.18. The van der Waals surface area contributed by atoms with Crippen molar-refractivity contribution in [3.63, 3.8) is 0 Å². The SMILES string of the molecule is COc1ccc(S(=O)(=O)N(C)Cc2ccccc2C#N)cc1. The van der Waals surface area contributed by atoms with Crippen molar-refractivity contribution < 1.29 is 13.2 Å². The number of nitriles is 1. The molecule has 2 aromatic rings. The third-order valence-corrected chi connectivity index (χ3v) is 5.12. The molecule has 0 N–H and O–H groups in total.